The lowest BCUT2D eigenvalue weighted by molar-refractivity contribution is 1.19. The fraction of sp³-hybridized carbons (Fsp3) is 0. The third-order valence-corrected chi connectivity index (χ3v) is 11.0. The summed E-state index contributed by atoms with van der Waals surface area (Å²) in [5, 5.41) is 7.55. The van der Waals surface area contributed by atoms with Gasteiger partial charge in [0.1, 0.15) is 0 Å². The normalized spacial score (nSPS) is 11.5. The molecule has 0 spiro atoms. The minimum Gasteiger partial charge on any atom is -0.228 e. The smallest absolute Gasteiger partial charge is 0.160 e. The van der Waals surface area contributed by atoms with Crippen LogP contribution in [0.15, 0.2) is 182 Å². The number of aromatic nitrogens is 2. The standard InChI is InChI=1S/C48H30N2S/c1-3-13-33(14-4-1)42-30-43(50-48(49-42)34-15-5-2-6-16-34)46-37(27-28-45-47(46)40-21-11-12-22-44(40)51-45)31-23-25-32(26-24-31)41-29-35-17-7-8-18-36(35)38-19-9-10-20-39(38)41/h1-30H. The van der Waals surface area contributed by atoms with Gasteiger partial charge >= 0.3 is 0 Å². The molecule has 0 saturated carbocycles. The fourth-order valence-electron chi connectivity index (χ4n) is 7.49. The van der Waals surface area contributed by atoms with Crippen LogP contribution in [0.2, 0.25) is 0 Å². The van der Waals surface area contributed by atoms with Crippen molar-refractivity contribution in [2.45, 2.75) is 0 Å². The summed E-state index contributed by atoms with van der Waals surface area (Å²) in [5.74, 6) is 0.716. The van der Waals surface area contributed by atoms with Gasteiger partial charge in [0.05, 0.1) is 11.4 Å². The van der Waals surface area contributed by atoms with Crippen molar-refractivity contribution in [2.75, 3.05) is 0 Å². The van der Waals surface area contributed by atoms with Crippen LogP contribution < -0.4 is 0 Å². The summed E-state index contributed by atoms with van der Waals surface area (Å²) >= 11 is 1.83. The van der Waals surface area contributed by atoms with E-state index in [2.05, 4.69) is 158 Å². The molecule has 0 atom stereocenters. The molecular formula is C48H30N2S. The molecule has 10 aromatic rings. The molecule has 238 valence electrons. The van der Waals surface area contributed by atoms with E-state index in [-0.39, 0.29) is 0 Å². The monoisotopic (exact) mass is 666 g/mol. The van der Waals surface area contributed by atoms with Gasteiger partial charge in [-0.2, -0.15) is 0 Å². The molecule has 0 aliphatic rings. The highest BCUT2D eigenvalue weighted by atomic mass is 32.1. The van der Waals surface area contributed by atoms with E-state index in [0.29, 0.717) is 5.82 Å². The van der Waals surface area contributed by atoms with Crippen molar-refractivity contribution in [3.05, 3.63) is 182 Å². The molecule has 3 heteroatoms. The predicted octanol–water partition coefficient (Wildman–Crippen LogP) is 13.5. The lowest BCUT2D eigenvalue weighted by Gasteiger charge is -2.16. The van der Waals surface area contributed by atoms with Gasteiger partial charge in [0.25, 0.3) is 0 Å². The molecule has 0 N–H and O–H groups in total. The first-order chi connectivity index (χ1) is 25.3. The molecule has 8 aromatic carbocycles. The molecule has 0 saturated heterocycles. The minimum absolute atomic E-state index is 0.716. The van der Waals surface area contributed by atoms with Crippen LogP contribution in [0.1, 0.15) is 0 Å². The Labute approximate surface area is 300 Å². The van der Waals surface area contributed by atoms with Gasteiger partial charge in [-0.05, 0) is 68.1 Å². The van der Waals surface area contributed by atoms with Gasteiger partial charge < -0.3 is 0 Å². The number of fused-ring (bicyclic) bond motifs is 6. The third kappa shape index (κ3) is 5.10. The quantitative estimate of drug-likeness (QED) is 0.171. The van der Waals surface area contributed by atoms with Crippen molar-refractivity contribution in [3.63, 3.8) is 0 Å². The molecule has 0 aliphatic heterocycles. The molecule has 51 heavy (non-hydrogen) atoms. The minimum atomic E-state index is 0.716. The SMILES string of the molecule is c1ccc(-c2cc(-c3c(-c4ccc(-c5cc6ccccc6c6ccccc56)cc4)ccc4sc5ccccc5c34)nc(-c3ccccc3)n2)cc1. The molecule has 0 radical (unpaired) electrons. The molecule has 10 rings (SSSR count). The summed E-state index contributed by atoms with van der Waals surface area (Å²) in [7, 11) is 0. The van der Waals surface area contributed by atoms with E-state index in [1.54, 1.807) is 0 Å². The largest absolute Gasteiger partial charge is 0.228 e. The van der Waals surface area contributed by atoms with Gasteiger partial charge in [-0.1, -0.05) is 158 Å². The van der Waals surface area contributed by atoms with Crippen LogP contribution in [-0.4, -0.2) is 9.97 Å². The van der Waals surface area contributed by atoms with Crippen molar-refractivity contribution in [3.8, 4) is 56.2 Å². The molecular weight excluding hydrogens is 637 g/mol. The summed E-state index contributed by atoms with van der Waals surface area (Å²) in [6.07, 6.45) is 0. The van der Waals surface area contributed by atoms with Crippen LogP contribution in [0, 0.1) is 0 Å². The first kappa shape index (κ1) is 29.5. The zero-order chi connectivity index (χ0) is 33.7. The molecule has 0 amide bonds. The summed E-state index contributed by atoms with van der Waals surface area (Å²) in [4.78, 5) is 10.5. The topological polar surface area (TPSA) is 25.8 Å². The van der Waals surface area contributed by atoms with Crippen LogP contribution in [0.5, 0.6) is 0 Å². The average Bonchev–Trinajstić information content (AvgIpc) is 3.60. The summed E-state index contributed by atoms with van der Waals surface area (Å²) in [6.45, 7) is 0. The van der Waals surface area contributed by atoms with Crippen LogP contribution >= 0.6 is 11.3 Å². The van der Waals surface area contributed by atoms with E-state index in [1.165, 1.54) is 52.8 Å². The maximum Gasteiger partial charge on any atom is 0.160 e. The van der Waals surface area contributed by atoms with Crippen molar-refractivity contribution < 1.29 is 0 Å². The Balaban J connectivity index is 1.21. The van der Waals surface area contributed by atoms with Gasteiger partial charge in [0.2, 0.25) is 0 Å². The molecule has 2 heterocycles. The second kappa shape index (κ2) is 12.2. The molecule has 0 unspecified atom stereocenters. The van der Waals surface area contributed by atoms with Gasteiger partial charge in [-0.3, -0.25) is 0 Å². The number of hydrogen-bond donors (Lipinski definition) is 0. The van der Waals surface area contributed by atoms with E-state index in [4.69, 9.17) is 9.97 Å². The molecule has 0 bridgehead atoms. The highest BCUT2D eigenvalue weighted by Crippen LogP contribution is 2.46. The summed E-state index contributed by atoms with van der Waals surface area (Å²) in [6, 6.07) is 65.0. The van der Waals surface area contributed by atoms with Crippen molar-refractivity contribution in [2.24, 2.45) is 0 Å². The first-order valence-electron chi connectivity index (χ1n) is 17.2. The van der Waals surface area contributed by atoms with Gasteiger partial charge in [-0.25, -0.2) is 9.97 Å². The number of thiophene rings is 1. The van der Waals surface area contributed by atoms with Crippen LogP contribution in [-0.2, 0) is 0 Å². The maximum atomic E-state index is 5.34. The van der Waals surface area contributed by atoms with Crippen molar-refractivity contribution in [1.29, 1.82) is 0 Å². The molecule has 2 aromatic heterocycles. The molecule has 0 aliphatic carbocycles. The van der Waals surface area contributed by atoms with Crippen LogP contribution in [0.25, 0.3) is 97.9 Å². The summed E-state index contributed by atoms with van der Waals surface area (Å²) < 4.78 is 2.51. The van der Waals surface area contributed by atoms with Gasteiger partial charge in [-0.15, -0.1) is 11.3 Å². The Kier molecular flexibility index (Phi) is 7.04. The van der Waals surface area contributed by atoms with E-state index in [9.17, 15) is 0 Å². The lowest BCUT2D eigenvalue weighted by Crippen LogP contribution is -1.97. The maximum absolute atomic E-state index is 5.34. The first-order valence-corrected chi connectivity index (χ1v) is 18.1. The van der Waals surface area contributed by atoms with E-state index >= 15 is 0 Å². The second-order valence-electron chi connectivity index (χ2n) is 12.9. The zero-order valence-corrected chi connectivity index (χ0v) is 28.4. The van der Waals surface area contributed by atoms with E-state index in [1.807, 2.05) is 35.6 Å². The van der Waals surface area contributed by atoms with Crippen molar-refractivity contribution in [1.82, 2.24) is 9.97 Å². The van der Waals surface area contributed by atoms with Gasteiger partial charge in [0.15, 0.2) is 5.82 Å². The zero-order valence-electron chi connectivity index (χ0n) is 27.6. The Bertz CT molecular complexity index is 2830. The van der Waals surface area contributed by atoms with E-state index < -0.39 is 0 Å². The molecule has 0 fully saturated rings. The Hall–Kier alpha value is -6.42. The Morgan fingerprint density at radius 2 is 0.941 bits per heavy atom. The average molecular weight is 667 g/mol. The van der Waals surface area contributed by atoms with Crippen molar-refractivity contribution >= 4 is 53.1 Å². The lowest BCUT2D eigenvalue weighted by atomic mass is 9.90. The second-order valence-corrected chi connectivity index (χ2v) is 14.0. The number of hydrogen-bond acceptors (Lipinski definition) is 3. The fourth-order valence-corrected chi connectivity index (χ4v) is 8.61. The number of rotatable bonds is 5. The van der Waals surface area contributed by atoms with Gasteiger partial charge in [0, 0.05) is 36.9 Å². The Morgan fingerprint density at radius 1 is 0.353 bits per heavy atom. The van der Waals surface area contributed by atoms with Crippen LogP contribution in [0.3, 0.4) is 0 Å². The number of nitrogens with zero attached hydrogens (tertiary/aromatic N) is 2. The predicted molar refractivity (Wildman–Crippen MR) is 217 cm³/mol. The summed E-state index contributed by atoms with van der Waals surface area (Å²) in [5.41, 5.74) is 9.74. The Morgan fingerprint density at radius 3 is 1.71 bits per heavy atom. The number of benzene rings is 8. The van der Waals surface area contributed by atoms with Crippen LogP contribution in [0.4, 0.5) is 0 Å². The molecule has 2 nitrogen and oxygen atoms in total. The highest BCUT2D eigenvalue weighted by Gasteiger charge is 2.20. The van der Waals surface area contributed by atoms with E-state index in [0.717, 1.165) is 39.2 Å². The highest BCUT2D eigenvalue weighted by molar-refractivity contribution is 7.26. The third-order valence-electron chi connectivity index (χ3n) is 9.90.